The van der Waals surface area contributed by atoms with Gasteiger partial charge in [-0.2, -0.15) is 0 Å². The van der Waals surface area contributed by atoms with Gasteiger partial charge in [0.15, 0.2) is 0 Å². The molecule has 0 bridgehead atoms. The summed E-state index contributed by atoms with van der Waals surface area (Å²) in [7, 11) is 0. The van der Waals surface area contributed by atoms with Crippen molar-refractivity contribution in [3.63, 3.8) is 0 Å². The van der Waals surface area contributed by atoms with Gasteiger partial charge in [-0.25, -0.2) is 4.79 Å². The SMILES string of the molecule is CCOC(=O)Cc1ccc(C2CCCC2)cc1OCc1cc(-c2cccc(CNC(=O)OC(C)(C)C)c2)c2occc2c1. The average molecular weight is 584 g/mol. The van der Waals surface area contributed by atoms with Gasteiger partial charge in [-0.05, 0) is 99.0 Å². The number of carbonyl (C=O) groups is 2. The van der Waals surface area contributed by atoms with Crippen molar-refractivity contribution in [2.45, 2.75) is 84.5 Å². The lowest BCUT2D eigenvalue weighted by Gasteiger charge is -2.19. The van der Waals surface area contributed by atoms with E-state index in [0.717, 1.165) is 44.5 Å². The van der Waals surface area contributed by atoms with E-state index in [9.17, 15) is 9.59 Å². The molecule has 5 rings (SSSR count). The second-order valence-corrected chi connectivity index (χ2v) is 12.2. The Balaban J connectivity index is 1.38. The first-order valence-corrected chi connectivity index (χ1v) is 15.2. The van der Waals surface area contributed by atoms with Crippen LogP contribution in [0.25, 0.3) is 22.1 Å². The van der Waals surface area contributed by atoms with E-state index in [4.69, 9.17) is 18.6 Å². The quantitative estimate of drug-likeness (QED) is 0.189. The minimum atomic E-state index is -0.559. The maximum Gasteiger partial charge on any atom is 0.407 e. The number of esters is 1. The molecule has 1 aliphatic rings. The van der Waals surface area contributed by atoms with Gasteiger partial charge in [-0.15, -0.1) is 0 Å². The van der Waals surface area contributed by atoms with E-state index in [1.54, 1.807) is 6.26 Å². The first kappa shape index (κ1) is 30.2. The van der Waals surface area contributed by atoms with Gasteiger partial charge in [0, 0.05) is 23.1 Å². The predicted octanol–water partition coefficient (Wildman–Crippen LogP) is 8.47. The standard InChI is InChI=1S/C36H41NO6/c1-5-40-33(38)21-29-14-13-27(26-10-6-7-11-26)20-32(29)42-23-25-18-30-15-16-41-34(30)31(19-25)28-12-8-9-24(17-28)22-37-35(39)43-36(2,3)4/h8-9,12-20,26H,5-7,10-11,21-23H2,1-4H3,(H,37,39). The fourth-order valence-corrected chi connectivity index (χ4v) is 5.67. The van der Waals surface area contributed by atoms with E-state index in [0.29, 0.717) is 25.7 Å². The number of benzene rings is 3. The van der Waals surface area contributed by atoms with E-state index in [1.807, 2.05) is 64.1 Å². The van der Waals surface area contributed by atoms with Crippen LogP contribution in [-0.2, 0) is 33.8 Å². The number of amides is 1. The van der Waals surface area contributed by atoms with E-state index in [-0.39, 0.29) is 12.4 Å². The smallest absolute Gasteiger partial charge is 0.407 e. The summed E-state index contributed by atoms with van der Waals surface area (Å²) in [5, 5.41) is 3.80. The lowest BCUT2D eigenvalue weighted by molar-refractivity contribution is -0.142. The zero-order chi connectivity index (χ0) is 30.4. The molecule has 1 aliphatic carbocycles. The van der Waals surface area contributed by atoms with Gasteiger partial charge in [-0.1, -0.05) is 43.2 Å². The Morgan fingerprint density at radius 1 is 0.977 bits per heavy atom. The fraction of sp³-hybridized carbons (Fsp3) is 0.389. The Hall–Kier alpha value is -4.26. The molecule has 0 atom stereocenters. The second kappa shape index (κ2) is 13.4. The molecule has 1 aromatic heterocycles. The number of furan rings is 1. The third kappa shape index (κ3) is 7.98. The Labute approximate surface area is 253 Å². The summed E-state index contributed by atoms with van der Waals surface area (Å²) in [5.74, 6) is 0.996. The summed E-state index contributed by atoms with van der Waals surface area (Å²) in [4.78, 5) is 24.5. The largest absolute Gasteiger partial charge is 0.489 e. The van der Waals surface area contributed by atoms with Crippen LogP contribution in [0.5, 0.6) is 5.75 Å². The molecular formula is C36H41NO6. The molecule has 0 radical (unpaired) electrons. The van der Waals surface area contributed by atoms with Crippen LogP contribution in [0.2, 0.25) is 0 Å². The van der Waals surface area contributed by atoms with Crippen molar-refractivity contribution in [2.75, 3.05) is 6.61 Å². The van der Waals surface area contributed by atoms with Gasteiger partial charge in [0.2, 0.25) is 0 Å². The lowest BCUT2D eigenvalue weighted by Crippen LogP contribution is -2.32. The molecule has 1 saturated carbocycles. The van der Waals surface area contributed by atoms with Crippen LogP contribution in [-0.4, -0.2) is 24.3 Å². The number of hydrogen-bond acceptors (Lipinski definition) is 6. The van der Waals surface area contributed by atoms with Gasteiger partial charge < -0.3 is 23.9 Å². The van der Waals surface area contributed by atoms with Gasteiger partial charge in [-0.3, -0.25) is 4.79 Å². The molecular weight excluding hydrogens is 542 g/mol. The molecule has 0 aliphatic heterocycles. The third-order valence-electron chi connectivity index (χ3n) is 7.64. The van der Waals surface area contributed by atoms with Crippen molar-refractivity contribution in [2.24, 2.45) is 0 Å². The number of rotatable bonds is 10. The Bertz CT molecular complexity index is 1570. The van der Waals surface area contributed by atoms with Crippen LogP contribution < -0.4 is 10.1 Å². The summed E-state index contributed by atoms with van der Waals surface area (Å²) in [5.41, 5.74) is 6.15. The molecule has 3 aromatic carbocycles. The molecule has 7 nitrogen and oxygen atoms in total. The number of nitrogens with one attached hydrogen (secondary N) is 1. The van der Waals surface area contributed by atoms with Crippen molar-refractivity contribution < 1.29 is 28.2 Å². The predicted molar refractivity (Wildman–Crippen MR) is 167 cm³/mol. The average Bonchev–Trinajstić information content (AvgIpc) is 3.67. The van der Waals surface area contributed by atoms with E-state index < -0.39 is 11.7 Å². The van der Waals surface area contributed by atoms with Crippen LogP contribution in [0.4, 0.5) is 4.79 Å². The topological polar surface area (TPSA) is 87.0 Å². The van der Waals surface area contributed by atoms with Crippen molar-refractivity contribution in [1.82, 2.24) is 5.32 Å². The molecule has 1 amide bonds. The Kier molecular flexibility index (Phi) is 9.39. The van der Waals surface area contributed by atoms with Gasteiger partial charge >= 0.3 is 12.1 Å². The van der Waals surface area contributed by atoms with Crippen LogP contribution in [0.15, 0.2) is 71.3 Å². The van der Waals surface area contributed by atoms with Gasteiger partial charge in [0.05, 0.1) is 19.3 Å². The number of carbonyl (C=O) groups excluding carboxylic acids is 2. The van der Waals surface area contributed by atoms with Gasteiger partial charge in [0.25, 0.3) is 0 Å². The van der Waals surface area contributed by atoms with E-state index in [1.165, 1.54) is 31.2 Å². The molecule has 7 heteroatoms. The van der Waals surface area contributed by atoms with Gasteiger partial charge in [0.1, 0.15) is 23.5 Å². The van der Waals surface area contributed by atoms with E-state index in [2.05, 4.69) is 29.6 Å². The molecule has 1 heterocycles. The highest BCUT2D eigenvalue weighted by Gasteiger charge is 2.20. The zero-order valence-corrected chi connectivity index (χ0v) is 25.5. The first-order valence-electron chi connectivity index (χ1n) is 15.2. The summed E-state index contributed by atoms with van der Waals surface area (Å²) in [6.45, 7) is 8.35. The zero-order valence-electron chi connectivity index (χ0n) is 25.5. The Morgan fingerprint density at radius 2 is 1.79 bits per heavy atom. The second-order valence-electron chi connectivity index (χ2n) is 12.2. The maximum absolute atomic E-state index is 12.4. The molecule has 1 N–H and O–H groups in total. The fourth-order valence-electron chi connectivity index (χ4n) is 5.67. The van der Waals surface area contributed by atoms with E-state index >= 15 is 0 Å². The summed E-state index contributed by atoms with van der Waals surface area (Å²) >= 11 is 0. The third-order valence-corrected chi connectivity index (χ3v) is 7.64. The molecule has 0 unspecified atom stereocenters. The highest BCUT2D eigenvalue weighted by atomic mass is 16.6. The molecule has 4 aromatic rings. The molecule has 226 valence electrons. The Morgan fingerprint density at radius 3 is 2.56 bits per heavy atom. The molecule has 43 heavy (non-hydrogen) atoms. The number of hydrogen-bond donors (Lipinski definition) is 1. The van der Waals surface area contributed by atoms with Crippen molar-refractivity contribution in [3.05, 3.63) is 89.2 Å². The monoisotopic (exact) mass is 583 g/mol. The number of fused-ring (bicyclic) bond motifs is 1. The number of alkyl carbamates (subject to hydrolysis) is 1. The van der Waals surface area contributed by atoms with Crippen LogP contribution in [0.1, 0.15) is 81.5 Å². The number of ether oxygens (including phenoxy) is 3. The van der Waals surface area contributed by atoms with Crippen molar-refractivity contribution in [3.8, 4) is 16.9 Å². The maximum atomic E-state index is 12.4. The minimum absolute atomic E-state index is 0.171. The highest BCUT2D eigenvalue weighted by molar-refractivity contribution is 5.93. The van der Waals surface area contributed by atoms with Crippen LogP contribution in [0, 0.1) is 0 Å². The first-order chi connectivity index (χ1) is 20.7. The molecule has 0 saturated heterocycles. The highest BCUT2D eigenvalue weighted by Crippen LogP contribution is 2.37. The summed E-state index contributed by atoms with van der Waals surface area (Å²) in [6, 6.07) is 20.4. The van der Waals surface area contributed by atoms with Crippen molar-refractivity contribution in [1.29, 1.82) is 0 Å². The van der Waals surface area contributed by atoms with Crippen LogP contribution in [0.3, 0.4) is 0 Å². The summed E-state index contributed by atoms with van der Waals surface area (Å²) in [6.07, 6.45) is 6.27. The molecule has 0 spiro atoms. The summed E-state index contributed by atoms with van der Waals surface area (Å²) < 4.78 is 22.9. The lowest BCUT2D eigenvalue weighted by atomic mass is 9.95. The van der Waals surface area contributed by atoms with Crippen molar-refractivity contribution >= 4 is 23.0 Å². The van der Waals surface area contributed by atoms with Crippen LogP contribution >= 0.6 is 0 Å². The minimum Gasteiger partial charge on any atom is -0.489 e. The molecule has 1 fully saturated rings. The normalized spacial score (nSPS) is 13.7.